The number of para-hydroxylation sites is 1. The van der Waals surface area contributed by atoms with Crippen molar-refractivity contribution in [3.05, 3.63) is 36.5 Å². The van der Waals surface area contributed by atoms with Gasteiger partial charge in [0, 0.05) is 37.4 Å². The second-order valence-electron chi connectivity index (χ2n) is 6.14. The van der Waals surface area contributed by atoms with Gasteiger partial charge in [0.2, 0.25) is 0 Å². The third kappa shape index (κ3) is 3.56. The molecule has 0 spiro atoms. The zero-order chi connectivity index (χ0) is 17.2. The first-order valence-electron chi connectivity index (χ1n) is 8.29. The molecule has 1 aromatic carbocycles. The average molecular weight is 349 g/mol. The maximum atomic E-state index is 12.4. The number of sulfone groups is 1. The number of carbonyl (C=O) groups excluding carboxylic acids is 1. The third-order valence-electron chi connectivity index (χ3n) is 4.56. The van der Waals surface area contributed by atoms with Gasteiger partial charge in [0.05, 0.1) is 11.5 Å². The molecule has 3 rings (SSSR count). The average Bonchev–Trinajstić information content (AvgIpc) is 3.12. The molecule has 2 amide bonds. The van der Waals surface area contributed by atoms with Gasteiger partial charge in [0.15, 0.2) is 9.84 Å². The van der Waals surface area contributed by atoms with Gasteiger partial charge >= 0.3 is 6.03 Å². The van der Waals surface area contributed by atoms with Crippen molar-refractivity contribution < 1.29 is 13.2 Å². The predicted molar refractivity (Wildman–Crippen MR) is 94.8 cm³/mol. The van der Waals surface area contributed by atoms with E-state index >= 15 is 0 Å². The molecule has 1 unspecified atom stereocenters. The number of carbonyl (C=O) groups is 1. The van der Waals surface area contributed by atoms with Crippen molar-refractivity contribution in [1.82, 2.24) is 14.8 Å². The summed E-state index contributed by atoms with van der Waals surface area (Å²) in [5, 5.41) is 4.09. The van der Waals surface area contributed by atoms with Crippen molar-refractivity contribution in [2.45, 2.75) is 25.9 Å². The van der Waals surface area contributed by atoms with E-state index in [1.54, 1.807) is 4.90 Å². The smallest absolute Gasteiger partial charge is 0.317 e. The van der Waals surface area contributed by atoms with Crippen LogP contribution in [0.3, 0.4) is 0 Å². The van der Waals surface area contributed by atoms with Gasteiger partial charge in [0.25, 0.3) is 0 Å². The number of hydrogen-bond acceptors (Lipinski definition) is 3. The summed E-state index contributed by atoms with van der Waals surface area (Å²) in [5.74, 6) is 0.257. The first-order valence-corrected chi connectivity index (χ1v) is 10.1. The third-order valence-corrected chi connectivity index (χ3v) is 6.31. The van der Waals surface area contributed by atoms with Gasteiger partial charge < -0.3 is 14.8 Å². The van der Waals surface area contributed by atoms with Crippen LogP contribution in [0.25, 0.3) is 10.9 Å². The number of nitrogens with zero attached hydrogens (tertiary/aromatic N) is 2. The first kappa shape index (κ1) is 16.8. The number of aromatic nitrogens is 1. The van der Waals surface area contributed by atoms with Crippen LogP contribution in [0.2, 0.25) is 0 Å². The summed E-state index contributed by atoms with van der Waals surface area (Å²) in [7, 11) is -2.99. The van der Waals surface area contributed by atoms with Crippen LogP contribution >= 0.6 is 0 Å². The molecule has 1 aromatic heterocycles. The van der Waals surface area contributed by atoms with E-state index in [-0.39, 0.29) is 23.6 Å². The Morgan fingerprint density at radius 3 is 2.83 bits per heavy atom. The quantitative estimate of drug-likeness (QED) is 0.896. The van der Waals surface area contributed by atoms with Gasteiger partial charge in [-0.2, -0.15) is 0 Å². The molecule has 1 saturated heterocycles. The maximum absolute atomic E-state index is 12.4. The predicted octanol–water partition coefficient (Wildman–Crippen LogP) is 1.86. The Morgan fingerprint density at radius 1 is 1.33 bits per heavy atom. The molecule has 1 N–H and O–H groups in total. The van der Waals surface area contributed by atoms with Gasteiger partial charge in [-0.3, -0.25) is 0 Å². The molecular weight excluding hydrogens is 326 g/mol. The fraction of sp³-hybridized carbons (Fsp3) is 0.471. The van der Waals surface area contributed by atoms with Crippen LogP contribution in [0.1, 0.15) is 13.3 Å². The molecule has 2 aromatic rings. The summed E-state index contributed by atoms with van der Waals surface area (Å²) in [6.07, 6.45) is 2.55. The Morgan fingerprint density at radius 2 is 2.12 bits per heavy atom. The molecule has 24 heavy (non-hydrogen) atoms. The van der Waals surface area contributed by atoms with E-state index in [1.807, 2.05) is 25.3 Å². The van der Waals surface area contributed by atoms with Crippen LogP contribution in [0.4, 0.5) is 4.79 Å². The van der Waals surface area contributed by atoms with Crippen LogP contribution in [0, 0.1) is 0 Å². The lowest BCUT2D eigenvalue weighted by molar-refractivity contribution is 0.183. The Hall–Kier alpha value is -2.02. The summed E-state index contributed by atoms with van der Waals surface area (Å²) in [6, 6.07) is 9.78. The molecule has 0 radical (unpaired) electrons. The fourth-order valence-corrected chi connectivity index (χ4v) is 5.04. The number of rotatable bonds is 5. The number of fused-ring (bicyclic) bond motifs is 1. The Bertz CT molecular complexity index is 828. The minimum Gasteiger partial charge on any atom is -0.346 e. The summed E-state index contributed by atoms with van der Waals surface area (Å²) in [6.45, 7) is 3.58. The highest BCUT2D eigenvalue weighted by Gasteiger charge is 2.33. The molecule has 0 saturated carbocycles. The monoisotopic (exact) mass is 349 g/mol. The zero-order valence-electron chi connectivity index (χ0n) is 13.8. The van der Waals surface area contributed by atoms with Crippen molar-refractivity contribution in [2.75, 3.05) is 24.6 Å². The van der Waals surface area contributed by atoms with Gasteiger partial charge in [-0.25, -0.2) is 13.2 Å². The van der Waals surface area contributed by atoms with E-state index in [4.69, 9.17) is 0 Å². The lowest BCUT2D eigenvalue weighted by Gasteiger charge is -2.27. The van der Waals surface area contributed by atoms with Gasteiger partial charge in [-0.05, 0) is 30.9 Å². The molecule has 2 heterocycles. The van der Waals surface area contributed by atoms with Crippen molar-refractivity contribution in [3.63, 3.8) is 0 Å². The topological polar surface area (TPSA) is 71.4 Å². The van der Waals surface area contributed by atoms with Crippen LogP contribution < -0.4 is 5.32 Å². The van der Waals surface area contributed by atoms with E-state index in [9.17, 15) is 13.2 Å². The van der Waals surface area contributed by atoms with Gasteiger partial charge in [-0.15, -0.1) is 0 Å². The molecule has 1 aliphatic rings. The number of urea groups is 1. The molecule has 0 aliphatic carbocycles. The molecule has 6 nitrogen and oxygen atoms in total. The van der Waals surface area contributed by atoms with E-state index < -0.39 is 9.84 Å². The fourth-order valence-electron chi connectivity index (χ4n) is 3.31. The maximum Gasteiger partial charge on any atom is 0.317 e. The summed E-state index contributed by atoms with van der Waals surface area (Å²) in [4.78, 5) is 14.0. The van der Waals surface area contributed by atoms with E-state index in [0.29, 0.717) is 26.1 Å². The largest absolute Gasteiger partial charge is 0.346 e. The Labute approximate surface area is 142 Å². The van der Waals surface area contributed by atoms with Crippen LogP contribution in [0.5, 0.6) is 0 Å². The van der Waals surface area contributed by atoms with Crippen molar-refractivity contribution in [2.24, 2.45) is 0 Å². The number of hydrogen-bond donors (Lipinski definition) is 1. The van der Waals surface area contributed by atoms with Crippen LogP contribution in [-0.2, 0) is 16.4 Å². The molecule has 7 heteroatoms. The molecule has 1 fully saturated rings. The Kier molecular flexibility index (Phi) is 4.80. The molecule has 1 aliphatic heterocycles. The van der Waals surface area contributed by atoms with Gasteiger partial charge in [0.1, 0.15) is 0 Å². The minimum absolute atomic E-state index is 0.0799. The standard InChI is InChI=1S/C17H23N3O3S/c1-2-20(15-8-12-24(22,23)13-15)17(21)18-9-11-19-10-7-14-5-3-4-6-16(14)19/h3-7,10,15H,2,8-9,11-13H2,1H3,(H,18,21). The first-order chi connectivity index (χ1) is 11.5. The van der Waals surface area contributed by atoms with E-state index in [1.165, 1.54) is 5.39 Å². The van der Waals surface area contributed by atoms with Crippen LogP contribution in [0.15, 0.2) is 36.5 Å². The number of amides is 2. The van der Waals surface area contributed by atoms with Crippen molar-refractivity contribution in [1.29, 1.82) is 0 Å². The highest BCUT2D eigenvalue weighted by Crippen LogP contribution is 2.18. The minimum atomic E-state index is -2.99. The zero-order valence-corrected chi connectivity index (χ0v) is 14.6. The number of nitrogens with one attached hydrogen (secondary N) is 1. The summed E-state index contributed by atoms with van der Waals surface area (Å²) < 4.78 is 25.3. The Balaban J connectivity index is 1.56. The summed E-state index contributed by atoms with van der Waals surface area (Å²) in [5.41, 5.74) is 1.14. The molecule has 130 valence electrons. The van der Waals surface area contributed by atoms with Gasteiger partial charge in [-0.1, -0.05) is 18.2 Å². The normalized spacial score (nSPS) is 19.5. The van der Waals surface area contributed by atoms with E-state index in [0.717, 1.165) is 5.52 Å². The second kappa shape index (κ2) is 6.84. The molecular formula is C17H23N3O3S. The highest BCUT2D eigenvalue weighted by molar-refractivity contribution is 7.91. The van der Waals surface area contributed by atoms with Crippen molar-refractivity contribution >= 4 is 26.8 Å². The van der Waals surface area contributed by atoms with E-state index in [2.05, 4.69) is 28.1 Å². The SMILES string of the molecule is CCN(C(=O)NCCn1ccc2ccccc21)C1CCS(=O)(=O)C1. The highest BCUT2D eigenvalue weighted by atomic mass is 32.2. The lowest BCUT2D eigenvalue weighted by Crippen LogP contribution is -2.47. The lowest BCUT2D eigenvalue weighted by atomic mass is 10.2. The van der Waals surface area contributed by atoms with Crippen LogP contribution in [-0.4, -0.2) is 54.6 Å². The second-order valence-corrected chi connectivity index (χ2v) is 8.37. The number of benzene rings is 1. The summed E-state index contributed by atoms with van der Waals surface area (Å²) >= 11 is 0. The van der Waals surface area contributed by atoms with Crippen molar-refractivity contribution in [3.8, 4) is 0 Å². The molecule has 1 atom stereocenters. The molecule has 0 bridgehead atoms.